The van der Waals surface area contributed by atoms with Crippen molar-refractivity contribution in [2.75, 3.05) is 19.8 Å². The first-order chi connectivity index (χ1) is 9.85. The molecule has 21 heavy (non-hydrogen) atoms. The van der Waals surface area contributed by atoms with E-state index >= 15 is 0 Å². The Labute approximate surface area is 141 Å². The van der Waals surface area contributed by atoms with Crippen LogP contribution < -0.4 is 0 Å². The third-order valence-electron chi connectivity index (χ3n) is 2.08. The lowest BCUT2D eigenvalue weighted by Gasteiger charge is -2.16. The molecule has 9 heteroatoms. The van der Waals surface area contributed by atoms with Crippen molar-refractivity contribution >= 4 is 38.4 Å². The van der Waals surface area contributed by atoms with E-state index in [4.69, 9.17) is 23.4 Å². The van der Waals surface area contributed by atoms with Gasteiger partial charge in [0.15, 0.2) is 0 Å². The van der Waals surface area contributed by atoms with Crippen molar-refractivity contribution in [3.63, 3.8) is 0 Å². The molecule has 0 amide bonds. The molecule has 0 atom stereocenters. The van der Waals surface area contributed by atoms with E-state index in [1.54, 1.807) is 0 Å². The number of hydrogen-bond acceptors (Lipinski definition) is 4. The first-order valence-corrected chi connectivity index (χ1v) is 12.3. The van der Waals surface area contributed by atoms with Crippen LogP contribution in [0.1, 0.15) is 59.3 Å². The molecular formula is C12H30O5P2S2. The number of hydrogen-bond donors (Lipinski definition) is 3. The van der Waals surface area contributed by atoms with Crippen molar-refractivity contribution in [2.45, 2.75) is 59.3 Å². The maximum Gasteiger partial charge on any atom is 0.332 e. The molecular weight excluding hydrogens is 350 g/mol. The fourth-order valence-electron chi connectivity index (χ4n) is 0.962. The predicted octanol–water partition coefficient (Wildman–Crippen LogP) is 4.79. The maximum absolute atomic E-state index is 7.87. The molecule has 130 valence electrons. The fraction of sp³-hybridized carbons (Fsp3) is 1.00. The quantitative estimate of drug-likeness (QED) is 0.257. The molecule has 2 N–H and O–H groups in total. The van der Waals surface area contributed by atoms with E-state index in [1.807, 2.05) is 0 Å². The third kappa shape index (κ3) is 29.8. The summed E-state index contributed by atoms with van der Waals surface area (Å²) in [6.07, 6.45) is 6.67. The highest BCUT2D eigenvalue weighted by Gasteiger charge is 2.11. The summed E-state index contributed by atoms with van der Waals surface area (Å²) in [5.41, 5.74) is -3.11. The van der Waals surface area contributed by atoms with Crippen molar-refractivity contribution in [3.05, 3.63) is 0 Å². The highest BCUT2D eigenvalue weighted by Crippen LogP contribution is 2.40. The predicted molar refractivity (Wildman–Crippen MR) is 97.2 cm³/mol. The van der Waals surface area contributed by atoms with Gasteiger partial charge in [0.05, 0.1) is 19.8 Å². The van der Waals surface area contributed by atoms with Gasteiger partial charge in [-0.05, 0) is 31.1 Å². The summed E-state index contributed by atoms with van der Waals surface area (Å²) in [5, 5.41) is 0. The van der Waals surface area contributed by atoms with Crippen LogP contribution in [0.3, 0.4) is 0 Å². The van der Waals surface area contributed by atoms with Crippen LogP contribution in [0.5, 0.6) is 0 Å². The molecule has 0 aromatic rings. The van der Waals surface area contributed by atoms with Gasteiger partial charge < -0.3 is 23.4 Å². The van der Waals surface area contributed by atoms with E-state index in [-0.39, 0.29) is 0 Å². The Morgan fingerprint density at radius 1 is 0.857 bits per heavy atom. The van der Waals surface area contributed by atoms with Gasteiger partial charge in [0.1, 0.15) is 0 Å². The lowest BCUT2D eigenvalue weighted by Crippen LogP contribution is -1.99. The van der Waals surface area contributed by atoms with Crippen molar-refractivity contribution in [1.29, 1.82) is 0 Å². The summed E-state index contributed by atoms with van der Waals surface area (Å²) < 4.78 is 16.8. The normalized spacial score (nSPS) is 11.4. The SMILES string of the molecule is CCCCOP(OCCCC)OCCCC.OP(O)(=S)S. The molecule has 0 saturated carbocycles. The zero-order valence-corrected chi connectivity index (χ0v) is 16.7. The minimum Gasteiger partial charge on any atom is -0.338 e. The fourth-order valence-corrected chi connectivity index (χ4v) is 2.02. The smallest absolute Gasteiger partial charge is 0.332 e. The van der Waals surface area contributed by atoms with Crippen LogP contribution in [-0.4, -0.2) is 29.6 Å². The minimum atomic E-state index is -3.11. The van der Waals surface area contributed by atoms with Gasteiger partial charge in [0, 0.05) is 0 Å². The van der Waals surface area contributed by atoms with E-state index in [1.165, 1.54) is 0 Å². The first-order valence-electron chi connectivity index (χ1n) is 7.32. The summed E-state index contributed by atoms with van der Waals surface area (Å²) >= 11 is 7.07. The van der Waals surface area contributed by atoms with E-state index < -0.39 is 14.3 Å². The highest BCUT2D eigenvalue weighted by atomic mass is 32.9. The van der Waals surface area contributed by atoms with E-state index in [0.29, 0.717) is 0 Å². The molecule has 0 aromatic heterocycles. The molecule has 0 rings (SSSR count). The zero-order chi connectivity index (χ0) is 16.6. The Balaban J connectivity index is 0. The Morgan fingerprint density at radius 2 is 1.10 bits per heavy atom. The van der Waals surface area contributed by atoms with E-state index in [9.17, 15) is 0 Å². The van der Waals surface area contributed by atoms with Crippen molar-refractivity contribution < 1.29 is 23.4 Å². The van der Waals surface area contributed by atoms with Crippen LogP contribution in [0.2, 0.25) is 0 Å². The van der Waals surface area contributed by atoms with Crippen molar-refractivity contribution in [3.8, 4) is 0 Å². The second-order valence-corrected chi connectivity index (χ2v) is 10.6. The zero-order valence-electron chi connectivity index (χ0n) is 13.2. The lowest BCUT2D eigenvalue weighted by atomic mass is 10.4. The van der Waals surface area contributed by atoms with Gasteiger partial charge >= 0.3 is 8.60 Å². The molecule has 0 heterocycles. The molecule has 0 aliphatic rings. The molecule has 0 radical (unpaired) electrons. The van der Waals surface area contributed by atoms with Gasteiger partial charge in [0.2, 0.25) is 5.69 Å². The van der Waals surface area contributed by atoms with Crippen LogP contribution >= 0.6 is 26.5 Å². The van der Waals surface area contributed by atoms with Gasteiger partial charge in [-0.2, -0.15) is 0 Å². The van der Waals surface area contributed by atoms with Gasteiger partial charge in [-0.15, -0.1) is 0 Å². The Kier molecular flexibility index (Phi) is 20.5. The van der Waals surface area contributed by atoms with Crippen molar-refractivity contribution in [1.82, 2.24) is 0 Å². The Bertz CT molecular complexity index is 222. The Hall–Kier alpha value is 1.23. The molecule has 0 saturated heterocycles. The molecule has 0 aromatic carbocycles. The third-order valence-corrected chi connectivity index (χ3v) is 3.26. The molecule has 0 bridgehead atoms. The average Bonchev–Trinajstić information content (AvgIpc) is 2.37. The molecule has 0 aliphatic carbocycles. The van der Waals surface area contributed by atoms with Gasteiger partial charge in [-0.1, -0.05) is 52.3 Å². The lowest BCUT2D eigenvalue weighted by molar-refractivity contribution is 0.155. The summed E-state index contributed by atoms with van der Waals surface area (Å²) in [7, 11) is -1.10. The standard InChI is InChI=1S/C12H27O3P.H3O2PS2/c1-4-7-10-13-16(14-11-8-5-2)15-12-9-6-3;1-3(2,4)5/h4-12H2,1-3H3;(H3,1,2,4,5). The van der Waals surface area contributed by atoms with Gasteiger partial charge in [-0.3, -0.25) is 0 Å². The maximum atomic E-state index is 7.87. The molecule has 0 spiro atoms. The second-order valence-electron chi connectivity index (χ2n) is 4.30. The molecule has 5 nitrogen and oxygen atoms in total. The van der Waals surface area contributed by atoms with Crippen LogP contribution in [0.4, 0.5) is 0 Å². The van der Waals surface area contributed by atoms with Crippen LogP contribution in [-0.2, 0) is 25.4 Å². The van der Waals surface area contributed by atoms with E-state index in [2.05, 4.69) is 44.8 Å². The number of unbranched alkanes of at least 4 members (excludes halogenated alkanes) is 3. The number of rotatable bonds is 12. The minimum absolute atomic E-state index is 0.750. The number of thiol groups is 1. The topological polar surface area (TPSA) is 68.2 Å². The van der Waals surface area contributed by atoms with Crippen molar-refractivity contribution in [2.24, 2.45) is 0 Å². The van der Waals surface area contributed by atoms with Crippen LogP contribution in [0.25, 0.3) is 0 Å². The summed E-state index contributed by atoms with van der Waals surface area (Å²) in [5.74, 6) is 0. The van der Waals surface area contributed by atoms with Gasteiger partial charge in [0.25, 0.3) is 0 Å². The molecule has 0 unspecified atom stereocenters. The summed E-state index contributed by atoms with van der Waals surface area (Å²) in [6.45, 7) is 8.71. The van der Waals surface area contributed by atoms with E-state index in [0.717, 1.165) is 58.3 Å². The van der Waals surface area contributed by atoms with Crippen LogP contribution in [0.15, 0.2) is 0 Å². The van der Waals surface area contributed by atoms with Gasteiger partial charge in [-0.25, -0.2) is 0 Å². The Morgan fingerprint density at radius 3 is 1.29 bits per heavy atom. The highest BCUT2D eigenvalue weighted by molar-refractivity contribution is 8.59. The average molecular weight is 380 g/mol. The summed E-state index contributed by atoms with van der Waals surface area (Å²) in [4.78, 5) is 15.7. The second kappa shape index (κ2) is 17.6. The monoisotopic (exact) mass is 380 g/mol. The molecule has 0 fully saturated rings. The summed E-state index contributed by atoms with van der Waals surface area (Å²) in [6, 6.07) is 0. The largest absolute Gasteiger partial charge is 0.338 e. The molecule has 0 aliphatic heterocycles. The van der Waals surface area contributed by atoms with Crippen LogP contribution in [0, 0.1) is 0 Å². The first kappa shape index (κ1) is 24.5.